The molecule has 0 bridgehead atoms. The fourth-order valence-electron chi connectivity index (χ4n) is 1.72. The summed E-state index contributed by atoms with van der Waals surface area (Å²) in [6.45, 7) is 8.07. The van der Waals surface area contributed by atoms with Crippen LogP contribution in [0.2, 0.25) is 0 Å². The van der Waals surface area contributed by atoms with Crippen molar-refractivity contribution in [1.82, 2.24) is 15.2 Å². The van der Waals surface area contributed by atoms with Gasteiger partial charge in [0, 0.05) is 25.0 Å². The molecule has 1 aromatic rings. The van der Waals surface area contributed by atoms with Crippen LogP contribution in [-0.4, -0.2) is 34.9 Å². The van der Waals surface area contributed by atoms with E-state index in [-0.39, 0.29) is 11.9 Å². The van der Waals surface area contributed by atoms with Gasteiger partial charge >= 0.3 is 0 Å². The molecule has 0 aromatic carbocycles. The zero-order valence-corrected chi connectivity index (χ0v) is 11.5. The van der Waals surface area contributed by atoms with Gasteiger partial charge in [0.25, 0.3) is 0 Å². The number of nitrogens with one attached hydrogen (secondary N) is 1. The standard InChI is InChI=1S/C14H23N3O/c1-4-7-15-10-14(18)17(12(2)3)11-13-6-5-8-16-9-13/h5-6,8-9,12,15H,4,7,10-11H2,1-3H3. The van der Waals surface area contributed by atoms with Crippen molar-refractivity contribution in [1.29, 1.82) is 0 Å². The summed E-state index contributed by atoms with van der Waals surface area (Å²) < 4.78 is 0. The highest BCUT2D eigenvalue weighted by molar-refractivity contribution is 5.78. The zero-order chi connectivity index (χ0) is 13.4. The minimum Gasteiger partial charge on any atom is -0.335 e. The number of carbonyl (C=O) groups excluding carboxylic acids is 1. The van der Waals surface area contributed by atoms with Gasteiger partial charge in [-0.2, -0.15) is 0 Å². The van der Waals surface area contributed by atoms with Gasteiger partial charge in [0.15, 0.2) is 0 Å². The van der Waals surface area contributed by atoms with E-state index in [9.17, 15) is 4.79 Å². The summed E-state index contributed by atoms with van der Waals surface area (Å²) in [7, 11) is 0. The Kier molecular flexibility index (Phi) is 6.36. The summed E-state index contributed by atoms with van der Waals surface area (Å²) in [6.07, 6.45) is 4.59. The fraction of sp³-hybridized carbons (Fsp3) is 0.571. The highest BCUT2D eigenvalue weighted by Gasteiger charge is 2.16. The average molecular weight is 249 g/mol. The van der Waals surface area contributed by atoms with Gasteiger partial charge in [-0.15, -0.1) is 0 Å². The van der Waals surface area contributed by atoms with E-state index in [1.807, 2.05) is 37.1 Å². The van der Waals surface area contributed by atoms with Gasteiger partial charge in [0.05, 0.1) is 6.54 Å². The average Bonchev–Trinajstić information content (AvgIpc) is 2.37. The first-order valence-electron chi connectivity index (χ1n) is 6.54. The number of rotatable bonds is 7. The molecule has 18 heavy (non-hydrogen) atoms. The summed E-state index contributed by atoms with van der Waals surface area (Å²) >= 11 is 0. The second-order valence-electron chi connectivity index (χ2n) is 4.65. The SMILES string of the molecule is CCCNCC(=O)N(Cc1cccnc1)C(C)C. The Morgan fingerprint density at radius 3 is 2.83 bits per heavy atom. The second-order valence-corrected chi connectivity index (χ2v) is 4.65. The first-order valence-corrected chi connectivity index (χ1v) is 6.54. The Bertz CT molecular complexity index is 351. The maximum absolute atomic E-state index is 12.1. The summed E-state index contributed by atoms with van der Waals surface area (Å²) in [5, 5.41) is 3.15. The van der Waals surface area contributed by atoms with E-state index in [1.54, 1.807) is 6.20 Å². The van der Waals surface area contributed by atoms with Crippen LogP contribution in [0.3, 0.4) is 0 Å². The summed E-state index contributed by atoms with van der Waals surface area (Å²) in [6, 6.07) is 4.09. The van der Waals surface area contributed by atoms with Gasteiger partial charge in [-0.3, -0.25) is 9.78 Å². The predicted molar refractivity (Wildman–Crippen MR) is 73.1 cm³/mol. The largest absolute Gasteiger partial charge is 0.335 e. The van der Waals surface area contributed by atoms with E-state index in [1.165, 1.54) is 0 Å². The normalized spacial score (nSPS) is 10.7. The second kappa shape index (κ2) is 7.82. The first-order chi connectivity index (χ1) is 8.65. The molecule has 4 heteroatoms. The Balaban J connectivity index is 2.57. The molecular formula is C14H23N3O. The van der Waals surface area contributed by atoms with Gasteiger partial charge in [-0.05, 0) is 38.4 Å². The Morgan fingerprint density at radius 1 is 1.50 bits per heavy atom. The molecule has 0 fully saturated rings. The number of pyridine rings is 1. The van der Waals surface area contributed by atoms with Gasteiger partial charge in [-0.25, -0.2) is 0 Å². The van der Waals surface area contributed by atoms with Crippen LogP contribution in [0.5, 0.6) is 0 Å². The van der Waals surface area contributed by atoms with E-state index in [0.29, 0.717) is 13.1 Å². The molecule has 100 valence electrons. The number of amides is 1. The molecule has 1 aromatic heterocycles. The minimum atomic E-state index is 0.141. The van der Waals surface area contributed by atoms with Crippen LogP contribution in [0.15, 0.2) is 24.5 Å². The van der Waals surface area contributed by atoms with Crippen molar-refractivity contribution in [3.8, 4) is 0 Å². The minimum absolute atomic E-state index is 0.141. The molecular weight excluding hydrogens is 226 g/mol. The lowest BCUT2D eigenvalue weighted by molar-refractivity contribution is -0.132. The topological polar surface area (TPSA) is 45.2 Å². The van der Waals surface area contributed by atoms with E-state index < -0.39 is 0 Å². The van der Waals surface area contributed by atoms with Crippen LogP contribution in [-0.2, 0) is 11.3 Å². The summed E-state index contributed by atoms with van der Waals surface area (Å²) in [5.41, 5.74) is 1.06. The lowest BCUT2D eigenvalue weighted by Gasteiger charge is -2.27. The molecule has 4 nitrogen and oxygen atoms in total. The first kappa shape index (κ1) is 14.6. The molecule has 0 radical (unpaired) electrons. The number of carbonyl (C=O) groups is 1. The molecule has 1 heterocycles. The van der Waals surface area contributed by atoms with Gasteiger partial charge in [0.1, 0.15) is 0 Å². The molecule has 0 aliphatic rings. The smallest absolute Gasteiger partial charge is 0.237 e. The van der Waals surface area contributed by atoms with Crippen molar-refractivity contribution in [2.45, 2.75) is 39.8 Å². The van der Waals surface area contributed by atoms with Crippen LogP contribution in [0.25, 0.3) is 0 Å². The third-order valence-electron chi connectivity index (χ3n) is 2.72. The highest BCUT2D eigenvalue weighted by atomic mass is 16.2. The van der Waals surface area contributed by atoms with Crippen LogP contribution < -0.4 is 5.32 Å². The molecule has 0 aliphatic heterocycles. The molecule has 0 atom stereocenters. The zero-order valence-electron chi connectivity index (χ0n) is 11.5. The van der Waals surface area contributed by atoms with Gasteiger partial charge in [-0.1, -0.05) is 13.0 Å². The maximum Gasteiger partial charge on any atom is 0.237 e. The third-order valence-corrected chi connectivity index (χ3v) is 2.72. The molecule has 0 saturated heterocycles. The van der Waals surface area contributed by atoms with E-state index in [2.05, 4.69) is 17.2 Å². The van der Waals surface area contributed by atoms with Crippen LogP contribution >= 0.6 is 0 Å². The summed E-state index contributed by atoms with van der Waals surface area (Å²) in [4.78, 5) is 18.1. The quantitative estimate of drug-likeness (QED) is 0.750. The molecule has 1 N–H and O–H groups in total. The summed E-state index contributed by atoms with van der Waals surface area (Å²) in [5.74, 6) is 0.141. The van der Waals surface area contributed by atoms with Crippen molar-refractivity contribution in [3.63, 3.8) is 0 Å². The van der Waals surface area contributed by atoms with Crippen LogP contribution in [0, 0.1) is 0 Å². The predicted octanol–water partition coefficient (Wildman–Crippen LogP) is 1.82. The molecule has 1 rings (SSSR count). The molecule has 1 amide bonds. The van der Waals surface area contributed by atoms with Crippen molar-refractivity contribution in [2.75, 3.05) is 13.1 Å². The Hall–Kier alpha value is -1.42. The van der Waals surface area contributed by atoms with Crippen molar-refractivity contribution < 1.29 is 4.79 Å². The molecule has 0 saturated carbocycles. The van der Waals surface area contributed by atoms with Crippen LogP contribution in [0.1, 0.15) is 32.8 Å². The Labute approximate surface area is 109 Å². The number of hydrogen-bond acceptors (Lipinski definition) is 3. The van der Waals surface area contributed by atoms with E-state index in [4.69, 9.17) is 0 Å². The molecule has 0 spiro atoms. The number of aromatic nitrogens is 1. The van der Waals surface area contributed by atoms with Crippen molar-refractivity contribution >= 4 is 5.91 Å². The van der Waals surface area contributed by atoms with Crippen molar-refractivity contribution in [2.24, 2.45) is 0 Å². The number of hydrogen-bond donors (Lipinski definition) is 1. The van der Waals surface area contributed by atoms with Crippen LogP contribution in [0.4, 0.5) is 0 Å². The highest BCUT2D eigenvalue weighted by Crippen LogP contribution is 2.07. The van der Waals surface area contributed by atoms with Gasteiger partial charge in [0.2, 0.25) is 5.91 Å². The molecule has 0 unspecified atom stereocenters. The maximum atomic E-state index is 12.1. The molecule has 0 aliphatic carbocycles. The monoisotopic (exact) mass is 249 g/mol. The Morgan fingerprint density at radius 2 is 2.28 bits per heavy atom. The lowest BCUT2D eigenvalue weighted by atomic mass is 10.2. The van der Waals surface area contributed by atoms with E-state index in [0.717, 1.165) is 18.5 Å². The number of nitrogens with zero attached hydrogens (tertiary/aromatic N) is 2. The van der Waals surface area contributed by atoms with E-state index >= 15 is 0 Å². The van der Waals surface area contributed by atoms with Crippen molar-refractivity contribution in [3.05, 3.63) is 30.1 Å². The van der Waals surface area contributed by atoms with Gasteiger partial charge < -0.3 is 10.2 Å². The lowest BCUT2D eigenvalue weighted by Crippen LogP contribution is -2.41. The third kappa shape index (κ3) is 4.84. The fourth-order valence-corrected chi connectivity index (χ4v) is 1.72.